The highest BCUT2D eigenvalue weighted by molar-refractivity contribution is 7.90. The first-order chi connectivity index (χ1) is 65.0. The molecule has 4 aromatic heterocycles. The Bertz CT molecular complexity index is 5860. The Morgan fingerprint density at radius 1 is 0.467 bits per heavy atom. The van der Waals surface area contributed by atoms with Gasteiger partial charge in [-0.1, -0.05) is 60.9 Å². The van der Waals surface area contributed by atoms with E-state index in [1.54, 1.807) is 131 Å². The lowest BCUT2D eigenvalue weighted by atomic mass is 10.1. The fourth-order valence-electron chi connectivity index (χ4n) is 14.8. The molecule has 0 bridgehead atoms. The highest BCUT2D eigenvalue weighted by atomic mass is 32.2. The van der Waals surface area contributed by atoms with Gasteiger partial charge in [0, 0.05) is 200 Å². The summed E-state index contributed by atoms with van der Waals surface area (Å²) >= 11 is 0. The number of hydrogen-bond donors (Lipinski definition) is 13. The molecule has 0 spiro atoms. The summed E-state index contributed by atoms with van der Waals surface area (Å²) in [5, 5.41) is 31.4. The molecule has 0 aliphatic heterocycles. The van der Waals surface area contributed by atoms with Crippen molar-refractivity contribution in [3.63, 3.8) is 0 Å². The lowest BCUT2D eigenvalue weighted by Gasteiger charge is -2.23. The largest absolute Gasteiger partial charge is 0.468 e. The minimum atomic E-state index is -4.27. The third-order valence-electron chi connectivity index (χ3n) is 21.3. The van der Waals surface area contributed by atoms with Crippen molar-refractivity contribution in [2.45, 2.75) is 213 Å². The maximum absolute atomic E-state index is 13.9. The van der Waals surface area contributed by atoms with Crippen LogP contribution >= 0.6 is 0 Å². The van der Waals surface area contributed by atoms with Crippen LogP contribution in [0.5, 0.6) is 0 Å². The number of carbonyl (C=O) groups is 11. The molecule has 41 nitrogen and oxygen atoms in total. The van der Waals surface area contributed by atoms with E-state index in [0.29, 0.717) is 162 Å². The first-order valence-corrected chi connectivity index (χ1v) is 48.4. The van der Waals surface area contributed by atoms with E-state index in [1.807, 2.05) is 56.1 Å². The Morgan fingerprint density at radius 3 is 1.16 bits per heavy atom. The van der Waals surface area contributed by atoms with Crippen LogP contribution in [0, 0.1) is 41.5 Å². The predicted molar refractivity (Wildman–Crippen MR) is 515 cm³/mol. The molecule has 0 aliphatic rings. The number of methoxy groups -OCH3 is 2. The van der Waals surface area contributed by atoms with E-state index in [2.05, 4.69) is 77.9 Å². The van der Waals surface area contributed by atoms with Crippen LogP contribution in [-0.4, -0.2) is 227 Å². The molecular formula is C94H133N19O22S2. The zero-order valence-corrected chi connectivity index (χ0v) is 82.4. The SMILES string of the molecule is CCCC(NC(=O)OC(C)(C)C)C(=O)NCCCOCCCNC(=O)CCC(=O)NCCCn1cc(C(=O)NC[C@H](NS(=O)(=O)c2c(C)cc(C)cc2C)C(=O)OC)c(=O)c2ccc(CNc3nccn3C)cc21.COC(=O)[C@H](CNC(=O)c1cn(CCCNC(=O)CCC(=O)NCCCOCCCNC(C)=O)c2cc(CNc3nccn3C)ccc2c1=O)NS(=O)(=O)c1c(C)cc(C)cc1C. The van der Waals surface area contributed by atoms with Crippen molar-refractivity contribution in [3.8, 4) is 0 Å². The number of esters is 2. The van der Waals surface area contributed by atoms with Crippen LogP contribution in [0.25, 0.3) is 21.8 Å². The van der Waals surface area contributed by atoms with E-state index < -0.39 is 97.6 Å². The van der Waals surface area contributed by atoms with Gasteiger partial charge in [-0.05, 0) is 165 Å². The topological polar surface area (TPSA) is 538 Å². The Hall–Kier alpha value is -13.0. The number of ether oxygens (including phenoxy) is 5. The number of pyridine rings is 2. The Labute approximate surface area is 798 Å². The van der Waals surface area contributed by atoms with Crippen LogP contribution in [0.15, 0.2) is 117 Å². The number of fused-ring (bicyclic) bond motifs is 2. The quantitative estimate of drug-likeness (QED) is 0.0129. The van der Waals surface area contributed by atoms with Crippen LogP contribution in [0.2, 0.25) is 0 Å². The summed E-state index contributed by atoms with van der Waals surface area (Å²) in [7, 11) is -2.64. The van der Waals surface area contributed by atoms with Gasteiger partial charge in [-0.25, -0.2) is 31.6 Å². The van der Waals surface area contributed by atoms with Crippen molar-refractivity contribution in [2.75, 3.05) is 104 Å². The van der Waals surface area contributed by atoms with E-state index in [1.165, 1.54) is 19.3 Å². The Kier molecular flexibility index (Phi) is 44.3. The highest BCUT2D eigenvalue weighted by Crippen LogP contribution is 2.26. The first-order valence-electron chi connectivity index (χ1n) is 45.4. The van der Waals surface area contributed by atoms with Gasteiger partial charge in [0.25, 0.3) is 11.8 Å². The number of alkyl carbamates (subject to hydrolysis) is 1. The minimum absolute atomic E-state index is 0.00335. The third kappa shape index (κ3) is 36.2. The van der Waals surface area contributed by atoms with Gasteiger partial charge in [0.1, 0.15) is 34.9 Å². The lowest BCUT2D eigenvalue weighted by molar-refractivity contribution is -0.143. The second-order valence-corrected chi connectivity index (χ2v) is 37.3. The van der Waals surface area contributed by atoms with Crippen LogP contribution in [-0.2, 0) is 122 Å². The Morgan fingerprint density at radius 2 is 0.825 bits per heavy atom. The molecular weight excluding hydrogens is 1810 g/mol. The normalized spacial score (nSPS) is 12.1. The molecule has 1 unspecified atom stereocenters. The molecule has 9 amide bonds. The number of amides is 9. The van der Waals surface area contributed by atoms with Gasteiger partial charge >= 0.3 is 18.0 Å². The average molecular weight is 1950 g/mol. The van der Waals surface area contributed by atoms with Gasteiger partial charge in [0.05, 0.1) is 35.0 Å². The number of aromatic nitrogens is 6. The first kappa shape index (κ1) is 111. The van der Waals surface area contributed by atoms with Gasteiger partial charge in [-0.15, -0.1) is 0 Å². The van der Waals surface area contributed by atoms with Gasteiger partial charge in [0.15, 0.2) is 0 Å². The van der Waals surface area contributed by atoms with E-state index in [9.17, 15) is 79.2 Å². The van der Waals surface area contributed by atoms with Crippen molar-refractivity contribution in [2.24, 2.45) is 14.1 Å². The molecule has 43 heteroatoms. The average Bonchev–Trinajstić information content (AvgIpc) is 0.899. The van der Waals surface area contributed by atoms with Crippen molar-refractivity contribution in [3.05, 3.63) is 174 Å². The van der Waals surface area contributed by atoms with Crippen LogP contribution in [0.4, 0.5) is 16.7 Å². The number of hydrogen-bond acceptors (Lipinski definition) is 26. The standard InChI is InChI=1S/C51H74N10O12S.C43H59N9O10S/c1-10-14-39(58-50(68)73-51(5,6)7)47(66)54-21-13-26-72-25-12-20-53-43(63)18-17-42(62)52-19-11-23-61-32-38(44(64)37-16-15-36(29-41(37)61)30-57-49-55-22-24-60(49)8)46(65)56-31-40(48(67)71-9)59-74(69,70)45-34(3)27-33(2)28-35(45)4;1-28-22-29(2)40(30(3)23-28)63(59,60)50-35(42(58)61-6)26-48-41(57)34-27-52(36-24-32(10-11-33(36)39(34)56)25-49-43-47-17-19-51(43)5)18-7-14-45-37(54)12-13-38(55)46-16-9-21-62-20-8-15-44-31(4)53/h15-16,22,24,27-29,32,39-40,59H,10-14,17-21,23,25-26,30-31H2,1-9H3,(H,52,62)(H,53,63)(H,54,66)(H,55,57)(H,56,65)(H,58,68);10-11,17,19,22-24,27,35,50H,7-9,12-16,18,20-21,25-26H2,1-6H3,(H,44,53)(H,45,54)(H,46,55)(H,47,49)(H,48,57)/t39?,40-;35-/m00/s1. The number of nitrogens with zero attached hydrogens (tertiary/aromatic N) is 6. The van der Waals surface area contributed by atoms with Crippen LogP contribution in [0.1, 0.15) is 177 Å². The maximum Gasteiger partial charge on any atom is 0.408 e. The molecule has 4 aromatic carbocycles. The number of aryl methyl sites for hydroxylation is 10. The number of nitrogens with one attached hydrogen (secondary N) is 13. The summed E-state index contributed by atoms with van der Waals surface area (Å²) in [4.78, 5) is 175. The zero-order valence-electron chi connectivity index (χ0n) is 80.7. The van der Waals surface area contributed by atoms with Crippen molar-refractivity contribution in [1.29, 1.82) is 0 Å². The smallest absolute Gasteiger partial charge is 0.408 e. The molecule has 0 saturated carbocycles. The fraction of sp³-hybridized carbons (Fsp3) is 0.500. The monoisotopic (exact) mass is 1940 g/mol. The van der Waals surface area contributed by atoms with Crippen molar-refractivity contribution < 1.29 is 93.3 Å². The van der Waals surface area contributed by atoms with E-state index in [-0.39, 0.29) is 119 Å². The number of benzene rings is 4. The van der Waals surface area contributed by atoms with Gasteiger partial charge < -0.3 is 100 Å². The molecule has 13 N–H and O–H groups in total. The summed E-state index contributed by atoms with van der Waals surface area (Å²) < 4.78 is 92.1. The number of rotatable bonds is 54. The molecule has 8 aromatic rings. The lowest BCUT2D eigenvalue weighted by Crippen LogP contribution is -2.49. The van der Waals surface area contributed by atoms with E-state index in [4.69, 9.17) is 23.7 Å². The van der Waals surface area contributed by atoms with Crippen molar-refractivity contribution in [1.82, 2.24) is 85.5 Å². The second-order valence-electron chi connectivity index (χ2n) is 34.0. The molecule has 0 aliphatic carbocycles. The number of carbonyl (C=O) groups excluding carboxylic acids is 11. The van der Waals surface area contributed by atoms with Crippen LogP contribution in [0.3, 0.4) is 0 Å². The Balaban J connectivity index is 0.000000378. The molecule has 3 atom stereocenters. The molecule has 8 rings (SSSR count). The van der Waals surface area contributed by atoms with Gasteiger partial charge in [-0.3, -0.25) is 57.5 Å². The highest BCUT2D eigenvalue weighted by Gasteiger charge is 2.33. The van der Waals surface area contributed by atoms with Gasteiger partial charge in [-0.2, -0.15) is 9.44 Å². The van der Waals surface area contributed by atoms with Gasteiger partial charge in [0.2, 0.25) is 78.2 Å². The van der Waals surface area contributed by atoms with E-state index >= 15 is 0 Å². The number of sulfonamides is 2. The fourth-order valence-corrected chi connectivity index (χ4v) is 18.1. The van der Waals surface area contributed by atoms with E-state index in [0.717, 1.165) is 36.5 Å². The molecule has 4 heterocycles. The zero-order chi connectivity index (χ0) is 101. The van der Waals surface area contributed by atoms with Crippen molar-refractivity contribution >= 4 is 119 Å². The number of anilines is 2. The minimum Gasteiger partial charge on any atom is -0.468 e. The molecule has 137 heavy (non-hydrogen) atoms. The summed E-state index contributed by atoms with van der Waals surface area (Å²) in [6, 6.07) is 13.4. The number of imidazole rings is 2. The summed E-state index contributed by atoms with van der Waals surface area (Å²) in [6.07, 6.45) is 13.3. The summed E-state index contributed by atoms with van der Waals surface area (Å²) in [5.41, 5.74) is 3.92. The second kappa shape index (κ2) is 54.7. The molecule has 748 valence electrons. The summed E-state index contributed by atoms with van der Waals surface area (Å²) in [5.74, 6) is -3.92. The molecule has 0 radical (unpaired) electrons. The maximum atomic E-state index is 13.9. The molecule has 0 fully saturated rings. The van der Waals surface area contributed by atoms with Crippen LogP contribution < -0.4 is 78.8 Å². The predicted octanol–water partition coefficient (Wildman–Crippen LogP) is 5.39. The third-order valence-corrected chi connectivity index (χ3v) is 24.8. The molecule has 0 saturated heterocycles. The summed E-state index contributed by atoms with van der Waals surface area (Å²) in [6.45, 7) is 22.9.